The maximum atomic E-state index is 6.16. The lowest BCUT2D eigenvalue weighted by atomic mass is 10.2. The van der Waals surface area contributed by atoms with Crippen molar-refractivity contribution in [3.05, 3.63) is 60.7 Å². The lowest BCUT2D eigenvalue weighted by molar-refractivity contribution is -0.0159. The molecule has 5 aromatic rings. The Morgan fingerprint density at radius 3 is 1.30 bits per heavy atom. The van der Waals surface area contributed by atoms with Crippen LogP contribution >= 0.6 is 0 Å². The summed E-state index contributed by atoms with van der Waals surface area (Å²) < 4.78 is 42.8. The molecule has 0 spiro atoms. The Hall–Kier alpha value is -3.91. The normalized spacial score (nSPS) is 11.6. The molecule has 46 heavy (non-hydrogen) atoms. The number of hydrogen-bond acceptors (Lipinski definition) is 10. The van der Waals surface area contributed by atoms with Gasteiger partial charge in [0.1, 0.15) is 23.7 Å². The fourth-order valence-corrected chi connectivity index (χ4v) is 4.91. The predicted molar refractivity (Wildman–Crippen MR) is 175 cm³/mol. The molecule has 0 aliphatic rings. The maximum absolute atomic E-state index is 6.16. The van der Waals surface area contributed by atoms with E-state index in [9.17, 15) is 0 Å². The van der Waals surface area contributed by atoms with Crippen LogP contribution in [-0.4, -0.2) is 110 Å². The van der Waals surface area contributed by atoms with Crippen LogP contribution < -0.4 is 4.74 Å². The van der Waals surface area contributed by atoms with E-state index in [1.807, 2.05) is 83.9 Å². The first kappa shape index (κ1) is 33.5. The second-order valence-corrected chi connectivity index (χ2v) is 10.4. The van der Waals surface area contributed by atoms with Crippen molar-refractivity contribution in [2.24, 2.45) is 14.1 Å². The van der Waals surface area contributed by atoms with Crippen LogP contribution in [0.4, 0.5) is 0 Å². The molecule has 5 rings (SSSR count). The number of nitrogens with zero attached hydrogens (tertiary/aromatic N) is 5. The SMILES string of the molecule is COCCOCCOCCOCCOCCOCCOc1cc(-c2nc3ccccc3n2C)nc(-c2nc3ccccc3n2C)c1. The van der Waals surface area contributed by atoms with Gasteiger partial charge in [-0.2, -0.15) is 0 Å². The lowest BCUT2D eigenvalue weighted by Gasteiger charge is -2.12. The summed E-state index contributed by atoms with van der Waals surface area (Å²) in [6, 6.07) is 19.9. The van der Waals surface area contributed by atoms with Crippen molar-refractivity contribution >= 4 is 22.1 Å². The summed E-state index contributed by atoms with van der Waals surface area (Å²) in [6.07, 6.45) is 0. The number of rotatable bonds is 21. The van der Waals surface area contributed by atoms with Gasteiger partial charge in [-0.05, 0) is 24.3 Å². The second-order valence-electron chi connectivity index (χ2n) is 10.4. The Bertz CT molecular complexity index is 1560. The third kappa shape index (κ3) is 9.09. The largest absolute Gasteiger partial charge is 0.491 e. The van der Waals surface area contributed by atoms with Gasteiger partial charge in [0.05, 0.1) is 94.7 Å². The van der Waals surface area contributed by atoms with Gasteiger partial charge in [0.2, 0.25) is 0 Å². The summed E-state index contributed by atoms with van der Waals surface area (Å²) in [5.41, 5.74) is 5.28. The third-order valence-electron chi connectivity index (χ3n) is 7.25. The van der Waals surface area contributed by atoms with Crippen LogP contribution in [0.5, 0.6) is 5.75 Å². The van der Waals surface area contributed by atoms with Crippen LogP contribution in [-0.2, 0) is 42.5 Å². The fraction of sp³-hybridized carbons (Fsp3) is 0.441. The van der Waals surface area contributed by atoms with Gasteiger partial charge in [0, 0.05) is 33.3 Å². The van der Waals surface area contributed by atoms with Gasteiger partial charge >= 0.3 is 0 Å². The topological polar surface area (TPSA) is 113 Å². The zero-order chi connectivity index (χ0) is 32.0. The Balaban J connectivity index is 1.08. The molecule has 0 radical (unpaired) electrons. The smallest absolute Gasteiger partial charge is 0.159 e. The number of hydrogen-bond donors (Lipinski definition) is 0. The van der Waals surface area contributed by atoms with E-state index in [0.29, 0.717) is 96.4 Å². The molecule has 12 nitrogen and oxygen atoms in total. The first-order valence-electron chi connectivity index (χ1n) is 15.5. The van der Waals surface area contributed by atoms with E-state index in [1.165, 1.54) is 0 Å². The van der Waals surface area contributed by atoms with Crippen molar-refractivity contribution in [2.45, 2.75) is 0 Å². The number of fused-ring (bicyclic) bond motifs is 2. The van der Waals surface area contributed by atoms with Crippen LogP contribution in [0.25, 0.3) is 45.1 Å². The van der Waals surface area contributed by atoms with Gasteiger partial charge in [-0.25, -0.2) is 15.0 Å². The standard InChI is InChI=1S/C34H43N5O7/c1-38-31-10-6-4-8-27(31)36-33(38)29-24-26(25-30(35-29)34-37-28-9-5-7-11-32(28)39(34)2)46-23-22-45-21-20-44-19-18-43-17-16-42-15-14-41-13-12-40-3/h4-11,24-25H,12-23H2,1-3H3. The summed E-state index contributed by atoms with van der Waals surface area (Å²) >= 11 is 0. The molecule has 3 heterocycles. The number of aryl methyl sites for hydroxylation is 2. The van der Waals surface area contributed by atoms with Crippen molar-refractivity contribution < 1.29 is 33.2 Å². The molecular weight excluding hydrogens is 590 g/mol. The molecule has 0 saturated heterocycles. The summed E-state index contributed by atoms with van der Waals surface area (Å²) in [7, 11) is 5.64. The van der Waals surface area contributed by atoms with Crippen molar-refractivity contribution in [2.75, 3.05) is 86.4 Å². The van der Waals surface area contributed by atoms with E-state index in [0.717, 1.165) is 33.7 Å². The van der Waals surface area contributed by atoms with Crippen molar-refractivity contribution in [3.63, 3.8) is 0 Å². The quantitative estimate of drug-likeness (QED) is 0.108. The van der Waals surface area contributed by atoms with E-state index in [1.54, 1.807) is 7.11 Å². The molecular formula is C34H43N5O7. The molecule has 0 atom stereocenters. The van der Waals surface area contributed by atoms with Gasteiger partial charge in [-0.1, -0.05) is 24.3 Å². The summed E-state index contributed by atoms with van der Waals surface area (Å²) in [5.74, 6) is 2.17. The minimum Gasteiger partial charge on any atom is -0.491 e. The van der Waals surface area contributed by atoms with E-state index in [2.05, 4.69) is 0 Å². The van der Waals surface area contributed by atoms with Crippen molar-refractivity contribution in [1.29, 1.82) is 0 Å². The van der Waals surface area contributed by atoms with Gasteiger partial charge in [0.25, 0.3) is 0 Å². The molecule has 0 fully saturated rings. The Labute approximate surface area is 269 Å². The van der Waals surface area contributed by atoms with E-state index >= 15 is 0 Å². The fourth-order valence-electron chi connectivity index (χ4n) is 4.91. The van der Waals surface area contributed by atoms with E-state index in [-0.39, 0.29) is 0 Å². The molecule has 0 unspecified atom stereocenters. The summed E-state index contributed by atoms with van der Waals surface area (Å²) in [6.45, 7) is 6.00. The second kappa shape index (κ2) is 17.7. The zero-order valence-electron chi connectivity index (χ0n) is 26.9. The first-order valence-corrected chi connectivity index (χ1v) is 15.5. The molecule has 0 N–H and O–H groups in total. The number of imidazole rings is 2. The molecule has 0 aliphatic carbocycles. The highest BCUT2D eigenvalue weighted by molar-refractivity contribution is 5.82. The van der Waals surface area contributed by atoms with Gasteiger partial charge in [-0.3, -0.25) is 0 Å². The average Bonchev–Trinajstić information content (AvgIpc) is 3.60. The van der Waals surface area contributed by atoms with E-state index in [4.69, 9.17) is 48.1 Å². The molecule has 12 heteroatoms. The van der Waals surface area contributed by atoms with Gasteiger partial charge in [-0.15, -0.1) is 0 Å². The molecule has 246 valence electrons. The minimum atomic E-state index is 0.370. The average molecular weight is 634 g/mol. The van der Waals surface area contributed by atoms with Crippen LogP contribution in [0.1, 0.15) is 0 Å². The molecule has 0 bridgehead atoms. The number of pyridine rings is 1. The monoisotopic (exact) mass is 633 g/mol. The van der Waals surface area contributed by atoms with Crippen LogP contribution in [0.15, 0.2) is 60.7 Å². The Morgan fingerprint density at radius 2 is 0.891 bits per heavy atom. The van der Waals surface area contributed by atoms with Crippen molar-refractivity contribution in [1.82, 2.24) is 24.1 Å². The molecule has 0 saturated carbocycles. The van der Waals surface area contributed by atoms with E-state index < -0.39 is 0 Å². The lowest BCUT2D eigenvalue weighted by Crippen LogP contribution is -2.14. The highest BCUT2D eigenvalue weighted by atomic mass is 16.6. The molecule has 2 aromatic carbocycles. The number of methoxy groups -OCH3 is 1. The summed E-state index contributed by atoms with van der Waals surface area (Å²) in [4.78, 5) is 14.7. The maximum Gasteiger partial charge on any atom is 0.159 e. The Morgan fingerprint density at radius 1 is 0.500 bits per heavy atom. The summed E-state index contributed by atoms with van der Waals surface area (Å²) in [5, 5.41) is 0. The number of aromatic nitrogens is 5. The highest BCUT2D eigenvalue weighted by Gasteiger charge is 2.17. The van der Waals surface area contributed by atoms with Crippen LogP contribution in [0.2, 0.25) is 0 Å². The number of ether oxygens (including phenoxy) is 7. The predicted octanol–water partition coefficient (Wildman–Crippen LogP) is 4.30. The van der Waals surface area contributed by atoms with Gasteiger partial charge < -0.3 is 42.3 Å². The minimum absolute atomic E-state index is 0.370. The number of para-hydroxylation sites is 4. The molecule has 0 aliphatic heterocycles. The highest BCUT2D eigenvalue weighted by Crippen LogP contribution is 2.30. The zero-order valence-corrected chi connectivity index (χ0v) is 26.9. The Kier molecular flexibility index (Phi) is 12.9. The van der Waals surface area contributed by atoms with Crippen LogP contribution in [0, 0.1) is 0 Å². The third-order valence-corrected chi connectivity index (χ3v) is 7.25. The number of benzene rings is 2. The van der Waals surface area contributed by atoms with Gasteiger partial charge in [0.15, 0.2) is 11.6 Å². The first-order chi connectivity index (χ1) is 22.7. The van der Waals surface area contributed by atoms with Crippen molar-refractivity contribution in [3.8, 4) is 28.8 Å². The molecule has 0 amide bonds. The molecule has 3 aromatic heterocycles. The van der Waals surface area contributed by atoms with Crippen LogP contribution in [0.3, 0.4) is 0 Å².